The summed E-state index contributed by atoms with van der Waals surface area (Å²) in [6.45, 7) is 3.76. The molecule has 1 aliphatic carbocycles. The molecule has 0 spiro atoms. The topological polar surface area (TPSA) is 69.4 Å². The molecular formula is C12H11NO4. The maximum absolute atomic E-state index is 11.6. The Bertz CT molecular complexity index is 470. The van der Waals surface area contributed by atoms with Crippen molar-refractivity contribution in [2.75, 3.05) is 0 Å². The number of nitro benzene ring substituents is 1. The maximum Gasteiger partial charge on any atom is 0.338 e. The van der Waals surface area contributed by atoms with Gasteiger partial charge in [0.05, 0.1) is 10.5 Å². The summed E-state index contributed by atoms with van der Waals surface area (Å²) < 4.78 is 5.17. The fourth-order valence-electron chi connectivity index (χ4n) is 1.61. The van der Waals surface area contributed by atoms with Crippen molar-refractivity contribution in [2.45, 2.75) is 18.9 Å². The average Bonchev–Trinajstić information content (AvgIpc) is 2.27. The first-order valence-electron chi connectivity index (χ1n) is 5.18. The third-order valence-electron chi connectivity index (χ3n) is 2.62. The predicted molar refractivity (Wildman–Crippen MR) is 60.7 cm³/mol. The molecule has 1 fully saturated rings. The van der Waals surface area contributed by atoms with Gasteiger partial charge in [-0.25, -0.2) is 4.79 Å². The molecule has 0 aromatic heterocycles. The minimum absolute atomic E-state index is 0.0430. The van der Waals surface area contributed by atoms with E-state index in [1.165, 1.54) is 24.3 Å². The molecule has 5 nitrogen and oxygen atoms in total. The molecule has 1 aromatic carbocycles. The van der Waals surface area contributed by atoms with Crippen molar-refractivity contribution in [3.63, 3.8) is 0 Å². The van der Waals surface area contributed by atoms with Gasteiger partial charge >= 0.3 is 5.97 Å². The number of nitrogens with zero attached hydrogens (tertiary/aromatic N) is 1. The van der Waals surface area contributed by atoms with Crippen LogP contribution in [-0.2, 0) is 4.74 Å². The van der Waals surface area contributed by atoms with Crippen LogP contribution >= 0.6 is 0 Å². The number of benzene rings is 1. The standard InChI is InChI=1S/C12H11NO4/c1-8-6-11(7-8)17-12(14)9-2-4-10(5-3-9)13(15)16/h2-5,11H,1,6-7H2. The molecule has 1 aliphatic rings. The van der Waals surface area contributed by atoms with E-state index in [-0.39, 0.29) is 11.8 Å². The van der Waals surface area contributed by atoms with Gasteiger partial charge in [0.25, 0.3) is 5.69 Å². The first kappa shape index (κ1) is 11.3. The van der Waals surface area contributed by atoms with Crippen LogP contribution in [0.15, 0.2) is 36.4 Å². The maximum atomic E-state index is 11.6. The summed E-state index contributed by atoms with van der Waals surface area (Å²) in [6.07, 6.45) is 1.32. The molecule has 17 heavy (non-hydrogen) atoms. The SMILES string of the molecule is C=C1CC(OC(=O)c2ccc([N+](=O)[O-])cc2)C1. The van der Waals surface area contributed by atoms with E-state index in [1.807, 2.05) is 0 Å². The number of carbonyl (C=O) groups is 1. The number of hydrogen-bond donors (Lipinski definition) is 0. The van der Waals surface area contributed by atoms with E-state index >= 15 is 0 Å². The van der Waals surface area contributed by atoms with Gasteiger partial charge in [-0.3, -0.25) is 10.1 Å². The zero-order chi connectivity index (χ0) is 12.4. The van der Waals surface area contributed by atoms with Gasteiger partial charge in [0.2, 0.25) is 0 Å². The Morgan fingerprint density at radius 2 is 1.94 bits per heavy atom. The normalized spacial score (nSPS) is 15.2. The predicted octanol–water partition coefficient (Wildman–Crippen LogP) is 2.47. The number of ether oxygens (including phenoxy) is 1. The highest BCUT2D eigenvalue weighted by molar-refractivity contribution is 5.89. The Morgan fingerprint density at radius 1 is 1.35 bits per heavy atom. The van der Waals surface area contributed by atoms with Crippen molar-refractivity contribution in [2.24, 2.45) is 0 Å². The summed E-state index contributed by atoms with van der Waals surface area (Å²) in [5.41, 5.74) is 1.36. The van der Waals surface area contributed by atoms with Crippen LogP contribution in [0.3, 0.4) is 0 Å². The van der Waals surface area contributed by atoms with Gasteiger partial charge in [-0.2, -0.15) is 0 Å². The summed E-state index contributed by atoms with van der Waals surface area (Å²) in [6, 6.07) is 5.37. The van der Waals surface area contributed by atoms with Crippen LogP contribution in [0.1, 0.15) is 23.2 Å². The van der Waals surface area contributed by atoms with E-state index in [9.17, 15) is 14.9 Å². The van der Waals surface area contributed by atoms with Gasteiger partial charge in [-0.15, -0.1) is 0 Å². The summed E-state index contributed by atoms with van der Waals surface area (Å²) in [4.78, 5) is 21.5. The van der Waals surface area contributed by atoms with Crippen molar-refractivity contribution >= 4 is 11.7 Å². The van der Waals surface area contributed by atoms with E-state index in [0.29, 0.717) is 18.4 Å². The van der Waals surface area contributed by atoms with Crippen LogP contribution in [0.25, 0.3) is 0 Å². The molecule has 0 unspecified atom stereocenters. The van der Waals surface area contributed by atoms with E-state index < -0.39 is 10.9 Å². The van der Waals surface area contributed by atoms with Crippen molar-refractivity contribution in [3.05, 3.63) is 52.1 Å². The van der Waals surface area contributed by atoms with E-state index in [1.54, 1.807) is 0 Å². The molecule has 2 rings (SSSR count). The lowest BCUT2D eigenvalue weighted by molar-refractivity contribution is -0.384. The third-order valence-corrected chi connectivity index (χ3v) is 2.62. The molecule has 0 saturated heterocycles. The van der Waals surface area contributed by atoms with Crippen LogP contribution in [-0.4, -0.2) is 17.0 Å². The van der Waals surface area contributed by atoms with Gasteiger partial charge in [0, 0.05) is 25.0 Å². The minimum Gasteiger partial charge on any atom is -0.458 e. The molecule has 0 aliphatic heterocycles. The van der Waals surface area contributed by atoms with Crippen LogP contribution in [0.2, 0.25) is 0 Å². The summed E-state index contributed by atoms with van der Waals surface area (Å²) in [7, 11) is 0. The molecular weight excluding hydrogens is 222 g/mol. The van der Waals surface area contributed by atoms with Crippen molar-refractivity contribution < 1.29 is 14.5 Å². The quantitative estimate of drug-likeness (QED) is 0.348. The fourth-order valence-corrected chi connectivity index (χ4v) is 1.61. The molecule has 0 radical (unpaired) electrons. The lowest BCUT2D eigenvalue weighted by atomic mass is 9.90. The number of carbonyl (C=O) groups excluding carboxylic acids is 1. The van der Waals surface area contributed by atoms with Crippen molar-refractivity contribution in [1.82, 2.24) is 0 Å². The molecule has 0 bridgehead atoms. The van der Waals surface area contributed by atoms with Gasteiger partial charge in [-0.1, -0.05) is 12.2 Å². The Hall–Kier alpha value is -2.17. The summed E-state index contributed by atoms with van der Waals surface area (Å²) >= 11 is 0. The monoisotopic (exact) mass is 233 g/mol. The lowest BCUT2D eigenvalue weighted by Crippen LogP contribution is -2.26. The van der Waals surface area contributed by atoms with Crippen LogP contribution in [0.4, 0.5) is 5.69 Å². The molecule has 0 amide bonds. The number of esters is 1. The highest BCUT2D eigenvalue weighted by Crippen LogP contribution is 2.28. The first-order chi connectivity index (χ1) is 8.06. The van der Waals surface area contributed by atoms with Gasteiger partial charge in [0.1, 0.15) is 6.10 Å². The number of non-ortho nitro benzene ring substituents is 1. The molecule has 0 N–H and O–H groups in total. The van der Waals surface area contributed by atoms with Crippen molar-refractivity contribution in [1.29, 1.82) is 0 Å². The van der Waals surface area contributed by atoms with E-state index in [4.69, 9.17) is 4.74 Å². The fraction of sp³-hybridized carbons (Fsp3) is 0.250. The van der Waals surface area contributed by atoms with Gasteiger partial charge in [0.15, 0.2) is 0 Å². The zero-order valence-corrected chi connectivity index (χ0v) is 9.09. The highest BCUT2D eigenvalue weighted by Gasteiger charge is 2.25. The molecule has 1 saturated carbocycles. The minimum atomic E-state index is -0.509. The molecule has 0 atom stereocenters. The van der Waals surface area contributed by atoms with Crippen LogP contribution < -0.4 is 0 Å². The summed E-state index contributed by atoms with van der Waals surface area (Å²) in [5, 5.41) is 10.4. The smallest absolute Gasteiger partial charge is 0.338 e. The third kappa shape index (κ3) is 2.50. The Morgan fingerprint density at radius 3 is 2.41 bits per heavy atom. The van der Waals surface area contributed by atoms with Gasteiger partial charge < -0.3 is 4.74 Å². The first-order valence-corrected chi connectivity index (χ1v) is 5.18. The molecule has 0 heterocycles. The highest BCUT2D eigenvalue weighted by atomic mass is 16.6. The van der Waals surface area contributed by atoms with Crippen LogP contribution in [0.5, 0.6) is 0 Å². The number of nitro groups is 1. The zero-order valence-electron chi connectivity index (χ0n) is 9.09. The lowest BCUT2D eigenvalue weighted by Gasteiger charge is -2.27. The van der Waals surface area contributed by atoms with E-state index in [0.717, 1.165) is 5.57 Å². The second-order valence-corrected chi connectivity index (χ2v) is 3.99. The second kappa shape index (κ2) is 4.37. The van der Waals surface area contributed by atoms with Crippen molar-refractivity contribution in [3.8, 4) is 0 Å². The molecule has 1 aromatic rings. The number of rotatable bonds is 3. The second-order valence-electron chi connectivity index (χ2n) is 3.99. The van der Waals surface area contributed by atoms with E-state index in [2.05, 4.69) is 6.58 Å². The molecule has 5 heteroatoms. The van der Waals surface area contributed by atoms with Crippen LogP contribution in [0, 0.1) is 10.1 Å². The Balaban J connectivity index is 1.99. The number of hydrogen-bond acceptors (Lipinski definition) is 4. The average molecular weight is 233 g/mol. The van der Waals surface area contributed by atoms with Gasteiger partial charge in [-0.05, 0) is 12.1 Å². The molecule has 88 valence electrons. The Kier molecular flexibility index (Phi) is 2.91. The largest absolute Gasteiger partial charge is 0.458 e. The Labute approximate surface area is 97.9 Å². The summed E-state index contributed by atoms with van der Waals surface area (Å²) in [5.74, 6) is -0.447.